The minimum atomic E-state index is 0.388. The molecule has 0 aliphatic rings. The lowest BCUT2D eigenvalue weighted by atomic mass is 10.2. The van der Waals surface area contributed by atoms with Crippen molar-refractivity contribution in [3.8, 4) is 6.07 Å². The van der Waals surface area contributed by atoms with Gasteiger partial charge in [-0.3, -0.25) is 0 Å². The highest BCUT2D eigenvalue weighted by atomic mass is 16.5. The quantitative estimate of drug-likeness (QED) is 0.762. The maximum Gasteiger partial charge on any atom is 0.170 e. The molecule has 0 bridgehead atoms. The van der Waals surface area contributed by atoms with Crippen LogP contribution in [0.15, 0.2) is 24.3 Å². The van der Waals surface area contributed by atoms with E-state index < -0.39 is 0 Å². The van der Waals surface area contributed by atoms with Crippen molar-refractivity contribution in [2.45, 2.75) is 13.7 Å². The zero-order chi connectivity index (χ0) is 10.7. The van der Waals surface area contributed by atoms with Crippen molar-refractivity contribution in [2.24, 2.45) is 0 Å². The Hall–Kier alpha value is -1.86. The number of nitriles is 1. The molecule has 0 fully saturated rings. The van der Waals surface area contributed by atoms with E-state index >= 15 is 0 Å². The normalized spacial score (nSPS) is 10.4. The van der Waals surface area contributed by atoms with E-state index in [4.69, 9.17) is 10.00 Å². The van der Waals surface area contributed by atoms with Gasteiger partial charge in [-0.15, -0.1) is 0 Å². The van der Waals surface area contributed by atoms with Gasteiger partial charge >= 0.3 is 0 Å². The van der Waals surface area contributed by atoms with Crippen LogP contribution in [0.25, 0.3) is 10.9 Å². The van der Waals surface area contributed by atoms with E-state index in [1.54, 1.807) is 4.68 Å². The first kappa shape index (κ1) is 9.69. The summed E-state index contributed by atoms with van der Waals surface area (Å²) in [5, 5.41) is 14.0. The monoisotopic (exact) mass is 201 g/mol. The Labute approximate surface area is 87.7 Å². The number of rotatable bonds is 3. The lowest BCUT2D eigenvalue weighted by Gasteiger charge is -2.01. The highest BCUT2D eigenvalue weighted by Gasteiger charge is 2.08. The van der Waals surface area contributed by atoms with Crippen LogP contribution in [0.1, 0.15) is 12.6 Å². The predicted molar refractivity (Wildman–Crippen MR) is 56.1 cm³/mol. The van der Waals surface area contributed by atoms with Gasteiger partial charge in [0.25, 0.3) is 0 Å². The van der Waals surface area contributed by atoms with Crippen molar-refractivity contribution < 1.29 is 4.74 Å². The molecule has 0 N–H and O–H groups in total. The molecule has 1 heterocycles. The summed E-state index contributed by atoms with van der Waals surface area (Å²) in [7, 11) is 0. The second-order valence-corrected chi connectivity index (χ2v) is 3.10. The molecule has 1 aromatic carbocycles. The average molecular weight is 201 g/mol. The first-order valence-electron chi connectivity index (χ1n) is 4.80. The van der Waals surface area contributed by atoms with Crippen LogP contribution >= 0.6 is 0 Å². The van der Waals surface area contributed by atoms with Crippen molar-refractivity contribution in [1.29, 1.82) is 5.26 Å². The summed E-state index contributed by atoms with van der Waals surface area (Å²) in [5.41, 5.74) is 1.38. The SMILES string of the molecule is CCOCn1nc(C#N)c2ccccc21. The summed E-state index contributed by atoms with van der Waals surface area (Å²) >= 11 is 0. The van der Waals surface area contributed by atoms with Crippen LogP contribution in [0.3, 0.4) is 0 Å². The highest BCUT2D eigenvalue weighted by molar-refractivity contribution is 5.84. The molecule has 0 amide bonds. The Balaban J connectivity index is 2.51. The molecule has 0 atom stereocenters. The number of para-hydroxylation sites is 1. The number of aromatic nitrogens is 2. The third-order valence-electron chi connectivity index (χ3n) is 2.18. The maximum absolute atomic E-state index is 8.91. The lowest BCUT2D eigenvalue weighted by Crippen LogP contribution is -2.03. The maximum atomic E-state index is 8.91. The number of ether oxygens (including phenoxy) is 1. The molecule has 0 saturated heterocycles. The van der Waals surface area contributed by atoms with Crippen molar-refractivity contribution >= 4 is 10.9 Å². The number of benzene rings is 1. The molecule has 0 aliphatic heterocycles. The summed E-state index contributed by atoms with van der Waals surface area (Å²) in [4.78, 5) is 0. The van der Waals surface area contributed by atoms with Crippen molar-refractivity contribution in [3.63, 3.8) is 0 Å². The molecular formula is C11H11N3O. The van der Waals surface area contributed by atoms with Gasteiger partial charge in [-0.1, -0.05) is 12.1 Å². The van der Waals surface area contributed by atoms with Crippen LogP contribution in [0.4, 0.5) is 0 Å². The van der Waals surface area contributed by atoms with Crippen LogP contribution in [0.2, 0.25) is 0 Å². The summed E-state index contributed by atoms with van der Waals surface area (Å²) < 4.78 is 6.98. The predicted octanol–water partition coefficient (Wildman–Crippen LogP) is 1.90. The molecule has 0 saturated carbocycles. The molecular weight excluding hydrogens is 190 g/mol. The van der Waals surface area contributed by atoms with Crippen LogP contribution in [0, 0.1) is 11.3 Å². The molecule has 4 nitrogen and oxygen atoms in total. The van der Waals surface area contributed by atoms with E-state index in [9.17, 15) is 0 Å². The topological polar surface area (TPSA) is 50.8 Å². The second kappa shape index (κ2) is 4.11. The molecule has 76 valence electrons. The van der Waals surface area contributed by atoms with Crippen LogP contribution < -0.4 is 0 Å². The van der Waals surface area contributed by atoms with E-state index in [1.165, 1.54) is 0 Å². The van der Waals surface area contributed by atoms with Crippen LogP contribution in [0.5, 0.6) is 0 Å². The molecule has 0 unspecified atom stereocenters. The fraction of sp³-hybridized carbons (Fsp3) is 0.273. The standard InChI is InChI=1S/C11H11N3O/c1-2-15-8-14-11-6-4-3-5-9(11)10(7-12)13-14/h3-6H,2,8H2,1H3. The van der Waals surface area contributed by atoms with Gasteiger partial charge in [-0.25, -0.2) is 4.68 Å². The van der Waals surface area contributed by atoms with Gasteiger partial charge in [0, 0.05) is 12.0 Å². The van der Waals surface area contributed by atoms with Crippen molar-refractivity contribution in [2.75, 3.05) is 6.61 Å². The Morgan fingerprint density at radius 1 is 1.47 bits per heavy atom. The minimum absolute atomic E-state index is 0.388. The first-order chi connectivity index (χ1) is 7.36. The number of fused-ring (bicyclic) bond motifs is 1. The third kappa shape index (κ3) is 1.69. The fourth-order valence-corrected chi connectivity index (χ4v) is 1.49. The number of hydrogen-bond acceptors (Lipinski definition) is 3. The van der Waals surface area contributed by atoms with Crippen LogP contribution in [-0.4, -0.2) is 16.4 Å². The van der Waals surface area contributed by atoms with Gasteiger partial charge in [-0.05, 0) is 19.1 Å². The van der Waals surface area contributed by atoms with Gasteiger partial charge in [0.2, 0.25) is 0 Å². The largest absolute Gasteiger partial charge is 0.360 e. The Morgan fingerprint density at radius 3 is 3.00 bits per heavy atom. The van der Waals surface area contributed by atoms with E-state index in [2.05, 4.69) is 11.2 Å². The molecule has 15 heavy (non-hydrogen) atoms. The smallest absolute Gasteiger partial charge is 0.170 e. The van der Waals surface area contributed by atoms with Gasteiger partial charge < -0.3 is 4.74 Å². The summed E-state index contributed by atoms with van der Waals surface area (Å²) in [6.45, 7) is 2.95. The van der Waals surface area contributed by atoms with Gasteiger partial charge in [0.1, 0.15) is 12.8 Å². The van der Waals surface area contributed by atoms with Gasteiger partial charge in [0.15, 0.2) is 5.69 Å². The van der Waals surface area contributed by atoms with E-state index in [0.717, 1.165) is 10.9 Å². The molecule has 0 aliphatic carbocycles. The number of hydrogen-bond donors (Lipinski definition) is 0. The zero-order valence-electron chi connectivity index (χ0n) is 8.47. The summed E-state index contributed by atoms with van der Waals surface area (Å²) in [6, 6.07) is 9.73. The Morgan fingerprint density at radius 2 is 2.27 bits per heavy atom. The Kier molecular flexibility index (Phi) is 2.66. The first-order valence-corrected chi connectivity index (χ1v) is 4.80. The summed E-state index contributed by atoms with van der Waals surface area (Å²) in [5.74, 6) is 0. The lowest BCUT2D eigenvalue weighted by molar-refractivity contribution is 0.0822. The molecule has 0 spiro atoms. The highest BCUT2D eigenvalue weighted by Crippen LogP contribution is 2.17. The number of nitrogens with zero attached hydrogens (tertiary/aromatic N) is 3. The third-order valence-corrected chi connectivity index (χ3v) is 2.18. The molecule has 0 radical (unpaired) electrons. The summed E-state index contributed by atoms with van der Waals surface area (Å²) in [6.07, 6.45) is 0. The van der Waals surface area contributed by atoms with Crippen LogP contribution in [-0.2, 0) is 11.5 Å². The second-order valence-electron chi connectivity index (χ2n) is 3.10. The van der Waals surface area contributed by atoms with Crippen molar-refractivity contribution in [3.05, 3.63) is 30.0 Å². The fourth-order valence-electron chi connectivity index (χ4n) is 1.49. The molecule has 2 rings (SSSR count). The van der Waals surface area contributed by atoms with E-state index in [-0.39, 0.29) is 0 Å². The van der Waals surface area contributed by atoms with Crippen molar-refractivity contribution in [1.82, 2.24) is 9.78 Å². The van der Waals surface area contributed by atoms with Gasteiger partial charge in [-0.2, -0.15) is 10.4 Å². The molecule has 4 heteroatoms. The van der Waals surface area contributed by atoms with E-state index in [1.807, 2.05) is 31.2 Å². The zero-order valence-corrected chi connectivity index (χ0v) is 8.47. The Bertz CT molecular complexity index is 510. The average Bonchev–Trinajstić information content (AvgIpc) is 2.65. The van der Waals surface area contributed by atoms with Gasteiger partial charge in [0.05, 0.1) is 5.52 Å². The molecule has 1 aromatic heterocycles. The molecule has 2 aromatic rings. The minimum Gasteiger partial charge on any atom is -0.360 e. The van der Waals surface area contributed by atoms with E-state index in [0.29, 0.717) is 19.0 Å².